The second-order valence-corrected chi connectivity index (χ2v) is 6.55. The third-order valence-electron chi connectivity index (χ3n) is 2.87. The van der Waals surface area contributed by atoms with Gasteiger partial charge in [0.15, 0.2) is 9.84 Å². The molecule has 0 radical (unpaired) electrons. The fourth-order valence-electron chi connectivity index (χ4n) is 1.67. The Morgan fingerprint density at radius 1 is 1.19 bits per heavy atom. The van der Waals surface area contributed by atoms with Gasteiger partial charge in [0.05, 0.1) is 17.3 Å². The van der Waals surface area contributed by atoms with Gasteiger partial charge < -0.3 is 15.4 Å². The van der Waals surface area contributed by atoms with E-state index >= 15 is 0 Å². The average molecular weight is 314 g/mol. The number of rotatable bonds is 9. The van der Waals surface area contributed by atoms with Crippen LogP contribution in [0.25, 0.3) is 0 Å². The van der Waals surface area contributed by atoms with Crippen LogP contribution < -0.4 is 10.6 Å². The summed E-state index contributed by atoms with van der Waals surface area (Å²) in [6.45, 7) is 4.22. The standard InChI is InChI=1S/C14H22N2O4S/c1-3-15-8-9-16-14(17)12-4-6-13(7-5-12)21(18,19)11-10-20-2/h4-7,15H,3,8-11H2,1-2H3,(H,16,17). The number of carbonyl (C=O) groups is 1. The van der Waals surface area contributed by atoms with Gasteiger partial charge in [0, 0.05) is 25.8 Å². The molecule has 0 bridgehead atoms. The second-order valence-electron chi connectivity index (χ2n) is 4.45. The van der Waals surface area contributed by atoms with E-state index in [1.165, 1.54) is 31.4 Å². The van der Waals surface area contributed by atoms with Crippen molar-refractivity contribution in [3.8, 4) is 0 Å². The number of hydrogen-bond acceptors (Lipinski definition) is 5. The van der Waals surface area contributed by atoms with Gasteiger partial charge in [-0.3, -0.25) is 4.79 Å². The SMILES string of the molecule is CCNCCNC(=O)c1ccc(S(=O)(=O)CCOC)cc1. The second kappa shape index (κ2) is 8.76. The van der Waals surface area contributed by atoms with Gasteiger partial charge in [-0.25, -0.2) is 8.42 Å². The topological polar surface area (TPSA) is 84.5 Å². The van der Waals surface area contributed by atoms with Crippen molar-refractivity contribution in [1.82, 2.24) is 10.6 Å². The van der Waals surface area contributed by atoms with E-state index in [4.69, 9.17) is 4.74 Å². The minimum Gasteiger partial charge on any atom is -0.384 e. The molecule has 0 saturated carbocycles. The third kappa shape index (κ3) is 5.82. The van der Waals surface area contributed by atoms with Gasteiger partial charge in [0.25, 0.3) is 5.91 Å². The molecule has 7 heteroatoms. The Morgan fingerprint density at radius 2 is 1.86 bits per heavy atom. The smallest absolute Gasteiger partial charge is 0.251 e. The molecule has 1 aromatic carbocycles. The van der Waals surface area contributed by atoms with Crippen molar-refractivity contribution in [2.24, 2.45) is 0 Å². The van der Waals surface area contributed by atoms with E-state index in [1.54, 1.807) is 0 Å². The molecule has 0 spiro atoms. The van der Waals surface area contributed by atoms with Crippen LogP contribution in [0.4, 0.5) is 0 Å². The number of methoxy groups -OCH3 is 1. The highest BCUT2D eigenvalue weighted by atomic mass is 32.2. The highest BCUT2D eigenvalue weighted by Gasteiger charge is 2.14. The van der Waals surface area contributed by atoms with Crippen LogP contribution in [0.2, 0.25) is 0 Å². The number of sulfone groups is 1. The van der Waals surface area contributed by atoms with Crippen molar-refractivity contribution < 1.29 is 17.9 Å². The first kappa shape index (κ1) is 17.6. The van der Waals surface area contributed by atoms with Gasteiger partial charge in [-0.15, -0.1) is 0 Å². The van der Waals surface area contributed by atoms with E-state index in [9.17, 15) is 13.2 Å². The van der Waals surface area contributed by atoms with Crippen LogP contribution in [0.5, 0.6) is 0 Å². The average Bonchev–Trinajstić information content (AvgIpc) is 2.49. The molecule has 0 fully saturated rings. The molecule has 2 N–H and O–H groups in total. The molecule has 0 aliphatic heterocycles. The van der Waals surface area contributed by atoms with E-state index < -0.39 is 9.84 Å². The first-order valence-electron chi connectivity index (χ1n) is 6.82. The minimum absolute atomic E-state index is 0.0717. The quantitative estimate of drug-likeness (QED) is 0.646. The summed E-state index contributed by atoms with van der Waals surface area (Å²) in [5.41, 5.74) is 0.442. The Bertz CT molecular complexity index is 541. The molecule has 0 aromatic heterocycles. The molecule has 0 aliphatic rings. The van der Waals surface area contributed by atoms with Crippen molar-refractivity contribution in [1.29, 1.82) is 0 Å². The van der Waals surface area contributed by atoms with Crippen LogP contribution in [0.3, 0.4) is 0 Å². The third-order valence-corrected chi connectivity index (χ3v) is 4.56. The molecule has 0 heterocycles. The summed E-state index contributed by atoms with van der Waals surface area (Å²) in [5.74, 6) is -0.286. The first-order valence-corrected chi connectivity index (χ1v) is 8.47. The Hall–Kier alpha value is -1.44. The maximum atomic E-state index is 11.9. The number of hydrogen-bond donors (Lipinski definition) is 2. The summed E-state index contributed by atoms with van der Waals surface area (Å²) in [7, 11) is -1.90. The fraction of sp³-hybridized carbons (Fsp3) is 0.500. The predicted molar refractivity (Wildman–Crippen MR) is 81.2 cm³/mol. The Morgan fingerprint density at radius 3 is 2.43 bits per heavy atom. The van der Waals surface area contributed by atoms with Crippen LogP contribution in [0.1, 0.15) is 17.3 Å². The number of benzene rings is 1. The first-order chi connectivity index (χ1) is 10.0. The van der Waals surface area contributed by atoms with Gasteiger partial charge in [-0.05, 0) is 30.8 Å². The summed E-state index contributed by atoms with van der Waals surface area (Å²) in [6, 6.07) is 5.93. The lowest BCUT2D eigenvalue weighted by molar-refractivity contribution is 0.0954. The Kier molecular flexibility index (Phi) is 7.35. The Labute approximate surface area is 125 Å². The molecule has 1 rings (SSSR count). The molecular weight excluding hydrogens is 292 g/mol. The highest BCUT2D eigenvalue weighted by molar-refractivity contribution is 7.91. The van der Waals surface area contributed by atoms with Crippen molar-refractivity contribution in [2.75, 3.05) is 39.1 Å². The number of carbonyl (C=O) groups excluding carboxylic acids is 1. The highest BCUT2D eigenvalue weighted by Crippen LogP contribution is 2.12. The maximum absolute atomic E-state index is 11.9. The monoisotopic (exact) mass is 314 g/mol. The largest absolute Gasteiger partial charge is 0.384 e. The molecule has 1 amide bonds. The van der Waals surface area contributed by atoms with Gasteiger partial charge in [-0.2, -0.15) is 0 Å². The molecule has 0 aliphatic carbocycles. The summed E-state index contributed by atoms with van der Waals surface area (Å²) in [5, 5.41) is 5.85. The molecule has 0 saturated heterocycles. The molecule has 0 unspecified atom stereocenters. The Balaban J connectivity index is 2.63. The maximum Gasteiger partial charge on any atom is 0.251 e. The number of nitrogens with one attached hydrogen (secondary N) is 2. The lowest BCUT2D eigenvalue weighted by Gasteiger charge is -2.07. The van der Waals surface area contributed by atoms with Gasteiger partial charge in [0.1, 0.15) is 0 Å². The van der Waals surface area contributed by atoms with Crippen molar-refractivity contribution in [3.63, 3.8) is 0 Å². The van der Waals surface area contributed by atoms with Gasteiger partial charge in [-0.1, -0.05) is 6.92 Å². The zero-order valence-corrected chi connectivity index (χ0v) is 13.2. The lowest BCUT2D eigenvalue weighted by atomic mass is 10.2. The molecule has 6 nitrogen and oxygen atoms in total. The number of likely N-dealkylation sites (N-methyl/N-ethyl adjacent to an activating group) is 1. The predicted octanol–water partition coefficient (Wildman–Crippen LogP) is 0.446. The molecule has 1 aromatic rings. The van der Waals surface area contributed by atoms with Gasteiger partial charge >= 0.3 is 0 Å². The number of ether oxygens (including phenoxy) is 1. The minimum atomic E-state index is -3.36. The van der Waals surface area contributed by atoms with Crippen LogP contribution >= 0.6 is 0 Å². The van der Waals surface area contributed by atoms with Crippen LogP contribution in [0, 0.1) is 0 Å². The van der Waals surface area contributed by atoms with E-state index in [0.717, 1.165) is 6.54 Å². The molecular formula is C14H22N2O4S. The van der Waals surface area contributed by atoms with Crippen LogP contribution in [-0.2, 0) is 14.6 Å². The van der Waals surface area contributed by atoms with Crippen molar-refractivity contribution in [2.45, 2.75) is 11.8 Å². The normalized spacial score (nSPS) is 11.3. The zero-order valence-electron chi connectivity index (χ0n) is 12.4. The van der Waals surface area contributed by atoms with E-state index in [2.05, 4.69) is 10.6 Å². The number of amides is 1. The molecule has 0 atom stereocenters. The molecule has 21 heavy (non-hydrogen) atoms. The van der Waals surface area contributed by atoms with Crippen molar-refractivity contribution in [3.05, 3.63) is 29.8 Å². The van der Waals surface area contributed by atoms with Crippen molar-refractivity contribution >= 4 is 15.7 Å². The molecule has 118 valence electrons. The van der Waals surface area contributed by atoms with E-state index in [-0.39, 0.29) is 23.2 Å². The van der Waals surface area contributed by atoms with E-state index in [1.807, 2.05) is 6.92 Å². The lowest BCUT2D eigenvalue weighted by Crippen LogP contribution is -2.31. The van der Waals surface area contributed by atoms with Crippen LogP contribution in [0.15, 0.2) is 29.2 Å². The van der Waals surface area contributed by atoms with Crippen LogP contribution in [-0.4, -0.2) is 53.4 Å². The summed E-state index contributed by atoms with van der Waals surface area (Å²) >= 11 is 0. The summed E-state index contributed by atoms with van der Waals surface area (Å²) < 4.78 is 28.6. The van der Waals surface area contributed by atoms with Gasteiger partial charge in [0.2, 0.25) is 0 Å². The fourth-order valence-corrected chi connectivity index (χ4v) is 2.84. The zero-order chi connectivity index (χ0) is 15.7. The summed E-state index contributed by atoms with van der Waals surface area (Å²) in [4.78, 5) is 12.0. The van der Waals surface area contributed by atoms with E-state index in [0.29, 0.717) is 18.7 Å². The summed E-state index contributed by atoms with van der Waals surface area (Å²) in [6.07, 6.45) is 0.